The molecule has 0 fully saturated rings. The highest BCUT2D eigenvalue weighted by Crippen LogP contribution is 2.30. The first-order valence-corrected chi connectivity index (χ1v) is 13.6. The van der Waals surface area contributed by atoms with Crippen LogP contribution in [0.1, 0.15) is 63.7 Å². The average Bonchev–Trinajstić information content (AvgIpc) is 2.95. The number of aliphatic hydroxyl groups is 2. The van der Waals surface area contributed by atoms with Gasteiger partial charge in [-0.3, -0.25) is 4.79 Å². The fourth-order valence-electron chi connectivity index (χ4n) is 4.02. The number of halogens is 1. The van der Waals surface area contributed by atoms with E-state index in [1.807, 2.05) is 0 Å². The first-order valence-electron chi connectivity index (χ1n) is 13.6. The van der Waals surface area contributed by atoms with Gasteiger partial charge in [-0.25, -0.2) is 14.2 Å². The van der Waals surface area contributed by atoms with Crippen LogP contribution in [0.5, 0.6) is 11.5 Å². The Kier molecular flexibility index (Phi) is 12.3. The third kappa shape index (κ3) is 9.70. The molecule has 0 unspecified atom stereocenters. The van der Waals surface area contributed by atoms with E-state index < -0.39 is 29.0 Å². The van der Waals surface area contributed by atoms with Gasteiger partial charge in [0.2, 0.25) is 0 Å². The van der Waals surface area contributed by atoms with Crippen molar-refractivity contribution in [3.05, 3.63) is 83.5 Å². The fraction of sp³-hybridized carbons (Fsp3) is 0.364. The molecule has 0 radical (unpaired) electrons. The second-order valence-electron chi connectivity index (χ2n) is 11.2. The summed E-state index contributed by atoms with van der Waals surface area (Å²) in [6.45, 7) is 8.67. The Bertz CT molecular complexity index is 1470. The maximum absolute atomic E-state index is 13.7. The van der Waals surface area contributed by atoms with Crippen LogP contribution in [0.15, 0.2) is 60.9 Å². The van der Waals surface area contributed by atoms with Crippen LogP contribution in [0.3, 0.4) is 0 Å². The lowest BCUT2D eigenvalue weighted by Gasteiger charge is -2.30. The fourth-order valence-corrected chi connectivity index (χ4v) is 4.02. The van der Waals surface area contributed by atoms with E-state index in [1.165, 1.54) is 25.3 Å². The number of hydrogen-bond acceptors (Lipinski definition) is 8. The maximum Gasteiger partial charge on any atom is 0.408 e. The standard InChI is InChI=1S/C32H38FN3O7.CH4/c1-31(2,3)43-30(40)36-32(4,5)23-16-25(20-7-10-24(33)11-8-20)35-26(17-23)22(19-38)18-34-29(39)21-9-12-27(42-14-13-37)28(15-21)41-6;/h7-12,15-17,19,37-38H,13-14,18H2,1-6H3,(H,34,39)(H,36,40);1H4/b22-19-;. The predicted octanol–water partition coefficient (Wildman–Crippen LogP) is 5.99. The number of methoxy groups -OCH3 is 1. The van der Waals surface area contributed by atoms with Crippen molar-refractivity contribution in [2.75, 3.05) is 26.9 Å². The summed E-state index contributed by atoms with van der Waals surface area (Å²) in [4.78, 5) is 30.3. The number of pyridine rings is 1. The van der Waals surface area contributed by atoms with Gasteiger partial charge in [0.25, 0.3) is 5.91 Å². The van der Waals surface area contributed by atoms with Crippen molar-refractivity contribution in [2.45, 2.75) is 53.2 Å². The van der Waals surface area contributed by atoms with Gasteiger partial charge in [-0.15, -0.1) is 0 Å². The second kappa shape index (κ2) is 15.2. The number of hydrogen-bond donors (Lipinski definition) is 4. The van der Waals surface area contributed by atoms with Gasteiger partial charge >= 0.3 is 6.09 Å². The van der Waals surface area contributed by atoms with E-state index in [1.54, 1.807) is 71.0 Å². The van der Waals surface area contributed by atoms with E-state index in [4.69, 9.17) is 19.3 Å². The number of carbonyl (C=O) groups excluding carboxylic acids is 2. The summed E-state index contributed by atoms with van der Waals surface area (Å²) < 4.78 is 29.8. The second-order valence-corrected chi connectivity index (χ2v) is 11.2. The van der Waals surface area contributed by atoms with E-state index in [0.717, 1.165) is 6.26 Å². The molecule has 44 heavy (non-hydrogen) atoms. The Morgan fingerprint density at radius 1 is 1.00 bits per heavy atom. The van der Waals surface area contributed by atoms with Crippen LogP contribution in [-0.4, -0.2) is 59.7 Å². The molecular formula is C33H42FN3O7. The molecule has 2 amide bonds. The quantitative estimate of drug-likeness (QED) is 0.194. The van der Waals surface area contributed by atoms with Gasteiger partial charge in [-0.1, -0.05) is 7.43 Å². The molecule has 4 N–H and O–H groups in total. The zero-order valence-electron chi connectivity index (χ0n) is 25.2. The minimum atomic E-state index is -0.949. The molecule has 10 nitrogen and oxygen atoms in total. The summed E-state index contributed by atoms with van der Waals surface area (Å²) >= 11 is 0. The number of rotatable bonds is 11. The first kappa shape index (κ1) is 35.6. The van der Waals surface area contributed by atoms with Gasteiger partial charge in [0.15, 0.2) is 11.5 Å². The summed E-state index contributed by atoms with van der Waals surface area (Å²) in [6, 6.07) is 13.8. The van der Waals surface area contributed by atoms with Crippen molar-refractivity contribution in [1.82, 2.24) is 15.6 Å². The molecular weight excluding hydrogens is 569 g/mol. The minimum absolute atomic E-state index is 0. The Labute approximate surface area is 257 Å². The van der Waals surface area contributed by atoms with E-state index >= 15 is 0 Å². The molecule has 0 aliphatic rings. The third-order valence-corrected chi connectivity index (χ3v) is 6.20. The van der Waals surface area contributed by atoms with Gasteiger partial charge in [-0.2, -0.15) is 0 Å². The maximum atomic E-state index is 13.7. The van der Waals surface area contributed by atoms with E-state index in [2.05, 4.69) is 15.6 Å². The Balaban J connectivity index is 0.00000675. The molecule has 3 aromatic rings. The number of alkyl carbamates (subject to hydrolysis) is 1. The average molecular weight is 612 g/mol. The van der Waals surface area contributed by atoms with Crippen LogP contribution >= 0.6 is 0 Å². The Morgan fingerprint density at radius 3 is 2.27 bits per heavy atom. The lowest BCUT2D eigenvalue weighted by Crippen LogP contribution is -2.43. The van der Waals surface area contributed by atoms with Crippen molar-refractivity contribution in [3.8, 4) is 22.8 Å². The molecule has 11 heteroatoms. The molecule has 238 valence electrons. The Morgan fingerprint density at radius 2 is 1.68 bits per heavy atom. The van der Waals surface area contributed by atoms with Crippen LogP contribution in [0.4, 0.5) is 9.18 Å². The molecule has 0 aliphatic heterocycles. The highest BCUT2D eigenvalue weighted by atomic mass is 19.1. The van der Waals surface area contributed by atoms with Crippen molar-refractivity contribution >= 4 is 17.6 Å². The topological polar surface area (TPSA) is 139 Å². The number of aromatic nitrogens is 1. The number of benzene rings is 2. The van der Waals surface area contributed by atoms with Gasteiger partial charge in [-0.05, 0) is 94.8 Å². The van der Waals surface area contributed by atoms with Crippen molar-refractivity contribution in [1.29, 1.82) is 0 Å². The van der Waals surface area contributed by atoms with Crippen LogP contribution in [0.25, 0.3) is 16.8 Å². The van der Waals surface area contributed by atoms with E-state index in [9.17, 15) is 19.1 Å². The lowest BCUT2D eigenvalue weighted by atomic mass is 9.91. The molecule has 2 aromatic carbocycles. The monoisotopic (exact) mass is 611 g/mol. The highest BCUT2D eigenvalue weighted by molar-refractivity contribution is 5.95. The molecule has 0 spiro atoms. The number of nitrogens with one attached hydrogen (secondary N) is 2. The molecule has 3 rings (SSSR count). The van der Waals surface area contributed by atoms with Crippen molar-refractivity contribution in [3.63, 3.8) is 0 Å². The number of nitrogens with zero attached hydrogens (tertiary/aromatic N) is 1. The highest BCUT2D eigenvalue weighted by Gasteiger charge is 2.28. The summed E-state index contributed by atoms with van der Waals surface area (Å²) in [6.07, 6.45) is 0.231. The number of aliphatic hydroxyl groups excluding tert-OH is 2. The van der Waals surface area contributed by atoms with Crippen LogP contribution in [-0.2, 0) is 10.3 Å². The minimum Gasteiger partial charge on any atom is -0.515 e. The number of ether oxygens (including phenoxy) is 3. The van der Waals surface area contributed by atoms with Gasteiger partial charge in [0, 0.05) is 23.2 Å². The number of carbonyl (C=O) groups is 2. The molecule has 0 saturated heterocycles. The zero-order chi connectivity index (χ0) is 31.8. The van der Waals surface area contributed by atoms with Crippen LogP contribution < -0.4 is 20.1 Å². The normalized spacial score (nSPS) is 11.7. The third-order valence-electron chi connectivity index (χ3n) is 6.20. The molecule has 0 bridgehead atoms. The first-order chi connectivity index (χ1) is 20.3. The largest absolute Gasteiger partial charge is 0.515 e. The van der Waals surface area contributed by atoms with E-state index in [0.29, 0.717) is 34.0 Å². The lowest BCUT2D eigenvalue weighted by molar-refractivity contribution is 0.0470. The molecule has 1 heterocycles. The van der Waals surface area contributed by atoms with Crippen LogP contribution in [0.2, 0.25) is 0 Å². The van der Waals surface area contributed by atoms with Crippen molar-refractivity contribution < 1.29 is 38.4 Å². The molecule has 0 aliphatic carbocycles. The molecule has 0 atom stereocenters. The zero-order valence-corrected chi connectivity index (χ0v) is 25.2. The molecule has 0 saturated carbocycles. The predicted molar refractivity (Wildman–Crippen MR) is 167 cm³/mol. The Hall–Kier alpha value is -4.64. The number of amides is 2. The van der Waals surface area contributed by atoms with E-state index in [-0.39, 0.29) is 38.3 Å². The summed E-state index contributed by atoms with van der Waals surface area (Å²) in [5, 5.41) is 24.8. The summed E-state index contributed by atoms with van der Waals surface area (Å²) in [5.74, 6) is -0.165. The van der Waals surface area contributed by atoms with Crippen molar-refractivity contribution in [2.24, 2.45) is 0 Å². The summed E-state index contributed by atoms with van der Waals surface area (Å²) in [7, 11) is 1.44. The van der Waals surface area contributed by atoms with Crippen LogP contribution in [0, 0.1) is 5.82 Å². The summed E-state index contributed by atoms with van der Waals surface area (Å²) in [5.41, 5.74) is 0.915. The smallest absolute Gasteiger partial charge is 0.408 e. The van der Waals surface area contributed by atoms with Gasteiger partial charge in [0.05, 0.1) is 36.9 Å². The van der Waals surface area contributed by atoms with Gasteiger partial charge in [0.1, 0.15) is 18.0 Å². The van der Waals surface area contributed by atoms with Gasteiger partial charge < -0.3 is 35.1 Å². The SMILES string of the molecule is C.COc1cc(C(=O)NC/C(=C/O)c2cc(C(C)(C)NC(=O)OC(C)(C)C)cc(-c3ccc(F)cc3)n2)ccc1OCCO. The molecule has 1 aromatic heterocycles.